The van der Waals surface area contributed by atoms with E-state index in [2.05, 4.69) is 0 Å². The summed E-state index contributed by atoms with van der Waals surface area (Å²) in [5, 5.41) is 0. The van der Waals surface area contributed by atoms with Gasteiger partial charge in [-0.05, 0) is 0 Å². The van der Waals surface area contributed by atoms with Gasteiger partial charge in [0.2, 0.25) is 0 Å². The van der Waals surface area contributed by atoms with Gasteiger partial charge in [0.1, 0.15) is 0 Å². The van der Waals surface area contributed by atoms with Gasteiger partial charge in [-0.25, -0.2) is 0 Å². The standard InChI is InChI=1S/2C4H13O3P/c2*1-3-8(5,6,7)4-2/h2*5-7H,3-4H2,1-2H3. The van der Waals surface area contributed by atoms with Crippen LogP contribution in [-0.4, -0.2) is 54.0 Å². The maximum atomic E-state index is 8.84. The molecule has 104 valence electrons. The van der Waals surface area contributed by atoms with Gasteiger partial charge in [0.05, 0.1) is 0 Å². The number of hydrogen-bond acceptors (Lipinski definition) is 6. The van der Waals surface area contributed by atoms with Crippen molar-refractivity contribution in [1.82, 2.24) is 0 Å². The first kappa shape index (κ1) is 19.0. The minimum absolute atomic E-state index is 0.0576. The van der Waals surface area contributed by atoms with E-state index in [1.165, 1.54) is 0 Å². The van der Waals surface area contributed by atoms with Crippen molar-refractivity contribution in [3.63, 3.8) is 0 Å². The van der Waals surface area contributed by atoms with Crippen LogP contribution >= 0.6 is 14.6 Å². The molecular weight excluding hydrogens is 254 g/mol. The van der Waals surface area contributed by atoms with Gasteiger partial charge in [-0.1, -0.05) is 0 Å². The summed E-state index contributed by atoms with van der Waals surface area (Å²) in [4.78, 5) is 53.0. The fourth-order valence-electron chi connectivity index (χ4n) is 0.447. The van der Waals surface area contributed by atoms with E-state index >= 15 is 0 Å². The molecule has 0 aliphatic rings. The first-order valence-electron chi connectivity index (χ1n) is 5.29. The molecule has 0 saturated heterocycles. The summed E-state index contributed by atoms with van der Waals surface area (Å²) in [6.07, 6.45) is 0.231. The van der Waals surface area contributed by atoms with Crippen LogP contribution in [0.3, 0.4) is 0 Å². The molecule has 0 saturated carbocycles. The second-order valence-electron chi connectivity index (χ2n) is 3.95. The van der Waals surface area contributed by atoms with Gasteiger partial charge >= 0.3 is 96.3 Å². The Morgan fingerprint density at radius 3 is 0.625 bits per heavy atom. The molecule has 0 aliphatic carbocycles. The molecule has 0 bridgehead atoms. The average molecular weight is 280 g/mol. The van der Waals surface area contributed by atoms with Gasteiger partial charge in [-0.2, -0.15) is 0 Å². The molecule has 0 unspecified atom stereocenters. The van der Waals surface area contributed by atoms with Crippen molar-refractivity contribution in [2.45, 2.75) is 27.7 Å². The van der Waals surface area contributed by atoms with E-state index in [4.69, 9.17) is 29.4 Å². The quantitative estimate of drug-likeness (QED) is 0.419. The molecular formula is C8H26O6P2. The van der Waals surface area contributed by atoms with Crippen LogP contribution in [0, 0.1) is 0 Å². The van der Waals surface area contributed by atoms with E-state index < -0.39 is 14.6 Å². The normalized spacial score (nSPS) is 17.4. The number of rotatable bonds is 4. The minimum atomic E-state index is -4.10. The molecule has 0 aromatic carbocycles. The third-order valence-electron chi connectivity index (χ3n) is 2.59. The summed E-state index contributed by atoms with van der Waals surface area (Å²) in [6.45, 7) is 6.23. The monoisotopic (exact) mass is 280 g/mol. The van der Waals surface area contributed by atoms with E-state index in [0.717, 1.165) is 0 Å². The maximum absolute atomic E-state index is 8.84. The first-order valence-corrected chi connectivity index (χ1v) is 10.2. The Morgan fingerprint density at radius 1 is 0.500 bits per heavy atom. The number of hydrogen-bond donors (Lipinski definition) is 6. The van der Waals surface area contributed by atoms with Crippen LogP contribution in [0.15, 0.2) is 0 Å². The van der Waals surface area contributed by atoms with Crippen molar-refractivity contribution in [2.24, 2.45) is 0 Å². The van der Waals surface area contributed by atoms with E-state index in [0.29, 0.717) is 0 Å². The molecule has 0 atom stereocenters. The fourth-order valence-corrected chi connectivity index (χ4v) is 1.34. The molecule has 0 heterocycles. The third-order valence-corrected chi connectivity index (χ3v) is 7.77. The van der Waals surface area contributed by atoms with Crippen LogP contribution in [0.2, 0.25) is 0 Å². The molecule has 0 radical (unpaired) electrons. The van der Waals surface area contributed by atoms with Gasteiger partial charge in [0.25, 0.3) is 0 Å². The van der Waals surface area contributed by atoms with Crippen molar-refractivity contribution < 1.29 is 29.4 Å². The van der Waals surface area contributed by atoms with Gasteiger partial charge in [-0.15, -0.1) is 0 Å². The Balaban J connectivity index is 0. The third kappa shape index (κ3) is 9.82. The van der Waals surface area contributed by atoms with Gasteiger partial charge in [0, 0.05) is 0 Å². The Hall–Kier alpha value is 0.620. The average Bonchev–Trinajstić information content (AvgIpc) is 2.19. The molecule has 0 spiro atoms. The van der Waals surface area contributed by atoms with Gasteiger partial charge < -0.3 is 0 Å². The van der Waals surface area contributed by atoms with Crippen molar-refractivity contribution in [2.75, 3.05) is 24.6 Å². The topological polar surface area (TPSA) is 121 Å². The summed E-state index contributed by atoms with van der Waals surface area (Å²) in [6, 6.07) is 0. The molecule has 0 rings (SSSR count). The molecule has 6 nitrogen and oxygen atoms in total. The summed E-state index contributed by atoms with van der Waals surface area (Å²) in [5.41, 5.74) is 0. The second-order valence-corrected chi connectivity index (χ2v) is 11.8. The van der Waals surface area contributed by atoms with Crippen LogP contribution < -0.4 is 0 Å². The van der Waals surface area contributed by atoms with Crippen molar-refractivity contribution in [3.05, 3.63) is 0 Å². The second kappa shape index (κ2) is 5.51. The summed E-state index contributed by atoms with van der Waals surface area (Å²) in [7, 11) is -8.20. The molecule has 0 aromatic rings. The Morgan fingerprint density at radius 2 is 0.625 bits per heavy atom. The van der Waals surface area contributed by atoms with E-state index in [9.17, 15) is 0 Å². The zero-order chi connectivity index (χ0) is 13.7. The van der Waals surface area contributed by atoms with E-state index in [1.807, 2.05) is 0 Å². The van der Waals surface area contributed by atoms with Crippen LogP contribution in [0.25, 0.3) is 0 Å². The predicted molar refractivity (Wildman–Crippen MR) is 69.3 cm³/mol. The Bertz CT molecular complexity index is 174. The van der Waals surface area contributed by atoms with Gasteiger partial charge in [-0.3, -0.25) is 0 Å². The predicted octanol–water partition coefficient (Wildman–Crippen LogP) is 0.603. The molecule has 0 aromatic heterocycles. The van der Waals surface area contributed by atoms with E-state index in [1.54, 1.807) is 27.7 Å². The first-order chi connectivity index (χ1) is 6.78. The Kier molecular flexibility index (Phi) is 6.53. The zero-order valence-electron chi connectivity index (χ0n) is 10.4. The molecule has 16 heavy (non-hydrogen) atoms. The fraction of sp³-hybridized carbons (Fsp3) is 1.00. The molecule has 0 amide bonds. The van der Waals surface area contributed by atoms with Crippen molar-refractivity contribution in [1.29, 1.82) is 0 Å². The van der Waals surface area contributed by atoms with Gasteiger partial charge in [0.15, 0.2) is 0 Å². The zero-order valence-corrected chi connectivity index (χ0v) is 12.2. The molecule has 6 N–H and O–H groups in total. The van der Waals surface area contributed by atoms with Crippen molar-refractivity contribution >= 4 is 14.6 Å². The van der Waals surface area contributed by atoms with E-state index in [-0.39, 0.29) is 24.6 Å². The molecule has 8 heteroatoms. The van der Waals surface area contributed by atoms with Crippen molar-refractivity contribution in [3.8, 4) is 0 Å². The Labute approximate surface area is 96.9 Å². The summed E-state index contributed by atoms with van der Waals surface area (Å²) < 4.78 is 0. The summed E-state index contributed by atoms with van der Waals surface area (Å²) >= 11 is 0. The van der Waals surface area contributed by atoms with Crippen LogP contribution in [0.4, 0.5) is 0 Å². The molecule has 0 fully saturated rings. The molecule has 0 aliphatic heterocycles. The summed E-state index contributed by atoms with van der Waals surface area (Å²) in [5.74, 6) is 0. The van der Waals surface area contributed by atoms with Crippen LogP contribution in [-0.2, 0) is 0 Å². The SMILES string of the molecule is CCP(O)(O)(O)CC.CCP(O)(O)(O)CC. The van der Waals surface area contributed by atoms with Crippen LogP contribution in [0.1, 0.15) is 27.7 Å². The van der Waals surface area contributed by atoms with Crippen LogP contribution in [0.5, 0.6) is 0 Å².